The molecule has 1 heterocycles. The Hall–Kier alpha value is -0.640. The van der Waals surface area contributed by atoms with E-state index in [1.165, 1.54) is 39.9 Å². The molecule has 0 bridgehead atoms. The van der Waals surface area contributed by atoms with Gasteiger partial charge in [0.25, 0.3) is 0 Å². The minimum atomic E-state index is 0.178. The lowest BCUT2D eigenvalue weighted by molar-refractivity contribution is 0.348. The van der Waals surface area contributed by atoms with Gasteiger partial charge in [-0.25, -0.2) is 0 Å². The monoisotopic (exact) mass is 349 g/mol. The van der Waals surface area contributed by atoms with E-state index in [4.69, 9.17) is 5.73 Å². The fourth-order valence-electron chi connectivity index (χ4n) is 3.52. The van der Waals surface area contributed by atoms with E-state index >= 15 is 0 Å². The maximum Gasteiger partial charge on any atom is 0.0701 e. The van der Waals surface area contributed by atoms with Crippen molar-refractivity contribution < 1.29 is 0 Å². The number of hydrogen-bond donors (Lipinski definition) is 1. The van der Waals surface area contributed by atoms with Gasteiger partial charge in [-0.2, -0.15) is 0 Å². The van der Waals surface area contributed by atoms with Crippen LogP contribution in [0.5, 0.6) is 0 Å². The van der Waals surface area contributed by atoms with Gasteiger partial charge in [0.1, 0.15) is 0 Å². The molecular formula is C17H20BrNS. The predicted molar refractivity (Wildman–Crippen MR) is 90.3 cm³/mol. The summed E-state index contributed by atoms with van der Waals surface area (Å²) in [5.41, 5.74) is 8.29. The van der Waals surface area contributed by atoms with E-state index in [0.29, 0.717) is 0 Å². The van der Waals surface area contributed by atoms with Crippen molar-refractivity contribution in [3.05, 3.63) is 56.7 Å². The van der Waals surface area contributed by atoms with Gasteiger partial charge in [-0.15, -0.1) is 11.3 Å². The molecule has 20 heavy (non-hydrogen) atoms. The second-order valence-electron chi connectivity index (χ2n) is 5.75. The number of halogens is 1. The molecule has 0 aliphatic heterocycles. The van der Waals surface area contributed by atoms with Crippen LogP contribution in [0.1, 0.15) is 36.1 Å². The number of benzene rings is 1. The summed E-state index contributed by atoms with van der Waals surface area (Å²) in [7, 11) is 0. The van der Waals surface area contributed by atoms with Crippen LogP contribution < -0.4 is 5.73 Å². The molecule has 1 unspecified atom stereocenters. The van der Waals surface area contributed by atoms with Crippen LogP contribution in [0, 0.1) is 0 Å². The fourth-order valence-corrected chi connectivity index (χ4v) is 5.06. The molecule has 2 aromatic rings. The largest absolute Gasteiger partial charge is 0.327 e. The molecule has 1 aromatic carbocycles. The third-order valence-electron chi connectivity index (χ3n) is 4.60. The Balaban J connectivity index is 1.87. The van der Waals surface area contributed by atoms with Crippen molar-refractivity contribution in [3.8, 4) is 0 Å². The molecule has 106 valence electrons. The van der Waals surface area contributed by atoms with Crippen LogP contribution >= 0.6 is 27.3 Å². The van der Waals surface area contributed by atoms with E-state index in [-0.39, 0.29) is 11.5 Å². The van der Waals surface area contributed by atoms with Gasteiger partial charge in [-0.1, -0.05) is 43.2 Å². The summed E-state index contributed by atoms with van der Waals surface area (Å²) >= 11 is 5.35. The van der Waals surface area contributed by atoms with Gasteiger partial charge in [0.15, 0.2) is 0 Å². The smallest absolute Gasteiger partial charge is 0.0701 e. The molecule has 0 spiro atoms. The zero-order valence-electron chi connectivity index (χ0n) is 11.5. The number of rotatable bonds is 4. The first-order valence-corrected chi connectivity index (χ1v) is 8.87. The third-order valence-corrected chi connectivity index (χ3v) is 6.25. The minimum Gasteiger partial charge on any atom is -0.327 e. The topological polar surface area (TPSA) is 26.0 Å². The van der Waals surface area contributed by atoms with Crippen molar-refractivity contribution in [3.63, 3.8) is 0 Å². The average molecular weight is 350 g/mol. The second-order valence-corrected chi connectivity index (χ2v) is 8.29. The van der Waals surface area contributed by atoms with Gasteiger partial charge in [0.05, 0.1) is 3.79 Å². The van der Waals surface area contributed by atoms with Gasteiger partial charge in [-0.3, -0.25) is 0 Å². The standard InChI is InChI=1S/C17H20BrNS/c18-16-9-8-14(20-16)12-15(19)17(10-4-5-11-17)13-6-2-1-3-7-13/h1-3,6-9,15H,4-5,10-12,19H2. The normalized spacial score (nSPS) is 19.1. The van der Waals surface area contributed by atoms with Gasteiger partial charge < -0.3 is 5.73 Å². The Morgan fingerprint density at radius 3 is 2.40 bits per heavy atom. The summed E-state index contributed by atoms with van der Waals surface area (Å²) in [4.78, 5) is 1.38. The summed E-state index contributed by atoms with van der Waals surface area (Å²) in [6.45, 7) is 0. The first kappa shape index (κ1) is 14.3. The van der Waals surface area contributed by atoms with Gasteiger partial charge in [-0.05, 0) is 52.9 Å². The lowest BCUT2D eigenvalue weighted by Crippen LogP contribution is -2.44. The minimum absolute atomic E-state index is 0.178. The van der Waals surface area contributed by atoms with E-state index in [1.807, 2.05) is 0 Å². The highest BCUT2D eigenvalue weighted by atomic mass is 79.9. The summed E-state index contributed by atoms with van der Waals surface area (Å²) in [5, 5.41) is 0. The van der Waals surface area contributed by atoms with E-state index in [2.05, 4.69) is 58.4 Å². The van der Waals surface area contributed by atoms with E-state index in [0.717, 1.165) is 6.42 Å². The highest BCUT2D eigenvalue weighted by molar-refractivity contribution is 9.11. The van der Waals surface area contributed by atoms with Crippen LogP contribution in [0.25, 0.3) is 0 Å². The first-order chi connectivity index (χ1) is 9.71. The van der Waals surface area contributed by atoms with E-state index in [9.17, 15) is 0 Å². The molecule has 1 aliphatic rings. The molecule has 1 saturated carbocycles. The summed E-state index contributed by atoms with van der Waals surface area (Å²) in [6.07, 6.45) is 6.04. The summed E-state index contributed by atoms with van der Waals surface area (Å²) < 4.78 is 1.19. The molecule has 1 aromatic heterocycles. The molecule has 3 rings (SSSR count). The van der Waals surface area contributed by atoms with Gasteiger partial charge >= 0.3 is 0 Å². The molecular weight excluding hydrogens is 330 g/mol. The van der Waals surface area contributed by atoms with Crippen molar-refractivity contribution in [1.29, 1.82) is 0 Å². The molecule has 0 saturated heterocycles. The van der Waals surface area contributed by atoms with Crippen molar-refractivity contribution in [2.75, 3.05) is 0 Å². The zero-order chi connectivity index (χ0) is 14.0. The van der Waals surface area contributed by atoms with Crippen LogP contribution in [0.4, 0.5) is 0 Å². The van der Waals surface area contributed by atoms with E-state index < -0.39 is 0 Å². The maximum absolute atomic E-state index is 6.68. The Morgan fingerprint density at radius 1 is 1.10 bits per heavy atom. The molecule has 1 nitrogen and oxygen atoms in total. The van der Waals surface area contributed by atoms with Crippen LogP contribution in [0.15, 0.2) is 46.3 Å². The fraction of sp³-hybridized carbons (Fsp3) is 0.412. The van der Waals surface area contributed by atoms with Crippen LogP contribution in [-0.4, -0.2) is 6.04 Å². The van der Waals surface area contributed by atoms with Crippen molar-refractivity contribution in [2.24, 2.45) is 5.73 Å². The Morgan fingerprint density at radius 2 is 1.80 bits per heavy atom. The highest BCUT2D eigenvalue weighted by Crippen LogP contribution is 2.44. The Bertz CT molecular complexity index is 557. The van der Waals surface area contributed by atoms with Gasteiger partial charge in [0, 0.05) is 16.3 Å². The molecule has 0 amide bonds. The molecule has 1 aliphatic carbocycles. The molecule has 1 atom stereocenters. The van der Waals surface area contributed by atoms with E-state index in [1.54, 1.807) is 11.3 Å². The van der Waals surface area contributed by atoms with Gasteiger partial charge in [0.2, 0.25) is 0 Å². The van der Waals surface area contributed by atoms with Crippen molar-refractivity contribution in [2.45, 2.75) is 43.6 Å². The summed E-state index contributed by atoms with van der Waals surface area (Å²) in [6, 6.07) is 15.4. The molecule has 3 heteroatoms. The van der Waals surface area contributed by atoms with Crippen LogP contribution in [0.2, 0.25) is 0 Å². The lowest BCUT2D eigenvalue weighted by Gasteiger charge is -2.36. The number of hydrogen-bond acceptors (Lipinski definition) is 2. The zero-order valence-corrected chi connectivity index (χ0v) is 13.9. The van der Waals surface area contributed by atoms with Crippen molar-refractivity contribution >= 4 is 27.3 Å². The second kappa shape index (κ2) is 6.00. The quantitative estimate of drug-likeness (QED) is 0.835. The SMILES string of the molecule is NC(Cc1ccc(Br)s1)C1(c2ccccc2)CCCC1. The number of thiophene rings is 1. The van der Waals surface area contributed by atoms with Crippen molar-refractivity contribution in [1.82, 2.24) is 0 Å². The third kappa shape index (κ3) is 2.72. The highest BCUT2D eigenvalue weighted by Gasteiger charge is 2.40. The van der Waals surface area contributed by atoms with Crippen LogP contribution in [-0.2, 0) is 11.8 Å². The average Bonchev–Trinajstić information content (AvgIpc) is 3.10. The predicted octanol–water partition coefficient (Wildman–Crippen LogP) is 4.89. The maximum atomic E-state index is 6.68. The van der Waals surface area contributed by atoms with Crippen LogP contribution in [0.3, 0.4) is 0 Å². The molecule has 0 radical (unpaired) electrons. The lowest BCUT2D eigenvalue weighted by atomic mass is 9.72. The Labute approximate surface area is 133 Å². The molecule has 2 N–H and O–H groups in total. The molecule has 1 fully saturated rings. The summed E-state index contributed by atoms with van der Waals surface area (Å²) in [5.74, 6) is 0. The first-order valence-electron chi connectivity index (χ1n) is 7.26. The Kier molecular flexibility index (Phi) is 4.29. The number of nitrogens with two attached hydrogens (primary N) is 1.